The average Bonchev–Trinajstić information content (AvgIpc) is 2.92. The predicted molar refractivity (Wildman–Crippen MR) is 88.2 cm³/mol. The average molecular weight is 353 g/mol. The molecule has 0 aromatic carbocycles. The minimum absolute atomic E-state index is 0.177. The fraction of sp³-hybridized carbons (Fsp3) is 0.706. The summed E-state index contributed by atoms with van der Waals surface area (Å²) in [5.41, 5.74) is 1.47. The van der Waals surface area contributed by atoms with Crippen LogP contribution in [0.2, 0.25) is 0 Å². The minimum atomic E-state index is 0.177. The minimum Gasteiger partial charge on any atom is -0.375 e. The van der Waals surface area contributed by atoms with Crippen LogP contribution in [0.15, 0.2) is 22.9 Å². The number of nitrogens with one attached hydrogen (secondary N) is 1. The lowest BCUT2D eigenvalue weighted by Crippen LogP contribution is -2.42. The van der Waals surface area contributed by atoms with E-state index in [1.54, 1.807) is 0 Å². The van der Waals surface area contributed by atoms with Gasteiger partial charge in [0, 0.05) is 29.5 Å². The summed E-state index contributed by atoms with van der Waals surface area (Å²) in [4.78, 5) is 4.35. The highest BCUT2D eigenvalue weighted by atomic mass is 79.9. The molecule has 1 aromatic heterocycles. The Hall–Kier alpha value is -0.450. The van der Waals surface area contributed by atoms with Gasteiger partial charge < -0.3 is 10.1 Å². The Balaban J connectivity index is 1.80. The van der Waals surface area contributed by atoms with E-state index in [2.05, 4.69) is 39.2 Å². The van der Waals surface area contributed by atoms with Gasteiger partial charge in [-0.05, 0) is 65.7 Å². The van der Waals surface area contributed by atoms with Crippen molar-refractivity contribution >= 4 is 15.9 Å². The van der Waals surface area contributed by atoms with Crippen LogP contribution in [0.4, 0.5) is 0 Å². The molecule has 1 N–H and O–H groups in total. The van der Waals surface area contributed by atoms with Crippen LogP contribution < -0.4 is 5.32 Å². The van der Waals surface area contributed by atoms with Crippen LogP contribution in [0.5, 0.6) is 0 Å². The zero-order chi connectivity index (χ0) is 14.7. The zero-order valence-corrected chi connectivity index (χ0v) is 14.4. The standard InChI is InChI=1S/C17H25BrN2O/c1-2-20-16(14-9-15(18)12-19-11-14)13-5-8-21-17(10-13)6-3-4-7-17/h9,11-13,16,20H,2-8,10H2,1H3. The first-order valence-electron chi connectivity index (χ1n) is 8.20. The van der Waals surface area contributed by atoms with E-state index in [1.165, 1.54) is 37.7 Å². The number of aromatic nitrogens is 1. The lowest BCUT2D eigenvalue weighted by atomic mass is 9.79. The number of ether oxygens (including phenoxy) is 1. The summed E-state index contributed by atoms with van der Waals surface area (Å²) < 4.78 is 7.25. The lowest BCUT2D eigenvalue weighted by molar-refractivity contribution is -0.0981. The summed E-state index contributed by atoms with van der Waals surface area (Å²) >= 11 is 3.55. The Bertz CT molecular complexity index is 474. The van der Waals surface area contributed by atoms with E-state index in [4.69, 9.17) is 4.74 Å². The predicted octanol–water partition coefficient (Wildman–Crippen LogP) is 4.23. The van der Waals surface area contributed by atoms with Crippen molar-refractivity contribution in [2.45, 2.75) is 57.1 Å². The van der Waals surface area contributed by atoms with Crippen molar-refractivity contribution in [2.75, 3.05) is 13.2 Å². The van der Waals surface area contributed by atoms with Crippen molar-refractivity contribution in [3.8, 4) is 0 Å². The van der Waals surface area contributed by atoms with Crippen LogP contribution >= 0.6 is 15.9 Å². The molecule has 2 heterocycles. The lowest BCUT2D eigenvalue weighted by Gasteiger charge is -2.41. The number of hydrogen-bond acceptors (Lipinski definition) is 3. The van der Waals surface area contributed by atoms with Crippen LogP contribution in [-0.2, 0) is 4.74 Å². The number of halogens is 1. The second-order valence-electron chi connectivity index (χ2n) is 6.46. The Kier molecular flexibility index (Phi) is 4.97. The van der Waals surface area contributed by atoms with Crippen LogP contribution in [0, 0.1) is 5.92 Å². The molecule has 116 valence electrons. The van der Waals surface area contributed by atoms with E-state index in [1.807, 2.05) is 12.4 Å². The molecule has 1 aromatic rings. The van der Waals surface area contributed by atoms with Crippen molar-refractivity contribution in [3.05, 3.63) is 28.5 Å². The molecule has 21 heavy (non-hydrogen) atoms. The number of rotatable bonds is 4. The molecule has 1 aliphatic heterocycles. The van der Waals surface area contributed by atoms with Gasteiger partial charge in [0.05, 0.1) is 5.60 Å². The van der Waals surface area contributed by atoms with Crippen molar-refractivity contribution in [3.63, 3.8) is 0 Å². The van der Waals surface area contributed by atoms with Gasteiger partial charge in [0.1, 0.15) is 0 Å². The van der Waals surface area contributed by atoms with E-state index in [0.717, 1.165) is 24.0 Å². The van der Waals surface area contributed by atoms with Gasteiger partial charge in [-0.15, -0.1) is 0 Å². The summed E-state index contributed by atoms with van der Waals surface area (Å²) in [6.45, 7) is 4.08. The van der Waals surface area contributed by atoms with Crippen molar-refractivity contribution < 1.29 is 4.74 Å². The molecule has 0 amide bonds. The van der Waals surface area contributed by atoms with E-state index >= 15 is 0 Å². The van der Waals surface area contributed by atoms with Crippen molar-refractivity contribution in [1.82, 2.24) is 10.3 Å². The first-order chi connectivity index (χ1) is 10.2. The summed E-state index contributed by atoms with van der Waals surface area (Å²) in [5, 5.41) is 3.69. The van der Waals surface area contributed by atoms with Gasteiger partial charge >= 0.3 is 0 Å². The van der Waals surface area contributed by atoms with Gasteiger partial charge in [0.25, 0.3) is 0 Å². The van der Waals surface area contributed by atoms with Gasteiger partial charge in [0.2, 0.25) is 0 Å². The van der Waals surface area contributed by atoms with Gasteiger partial charge in [-0.25, -0.2) is 0 Å². The second-order valence-corrected chi connectivity index (χ2v) is 7.38. The quantitative estimate of drug-likeness (QED) is 0.879. The van der Waals surface area contributed by atoms with E-state index in [0.29, 0.717) is 12.0 Å². The fourth-order valence-corrected chi connectivity index (χ4v) is 4.48. The van der Waals surface area contributed by atoms with Crippen LogP contribution in [-0.4, -0.2) is 23.7 Å². The molecular formula is C17H25BrN2O. The third-order valence-corrected chi connectivity index (χ3v) is 5.46. The SMILES string of the molecule is CCNC(c1cncc(Br)c1)C1CCOC2(CCCC2)C1. The normalized spacial score (nSPS) is 26.1. The maximum atomic E-state index is 6.19. The topological polar surface area (TPSA) is 34.2 Å². The largest absolute Gasteiger partial charge is 0.375 e. The Morgan fingerprint density at radius 2 is 2.24 bits per heavy atom. The number of nitrogens with zero attached hydrogens (tertiary/aromatic N) is 1. The van der Waals surface area contributed by atoms with Crippen molar-refractivity contribution in [2.24, 2.45) is 5.92 Å². The summed E-state index contributed by atoms with van der Waals surface area (Å²) in [7, 11) is 0. The molecule has 4 heteroatoms. The monoisotopic (exact) mass is 352 g/mol. The van der Waals surface area contributed by atoms with Crippen molar-refractivity contribution in [1.29, 1.82) is 0 Å². The van der Waals surface area contributed by atoms with Gasteiger partial charge in [-0.3, -0.25) is 4.98 Å². The van der Waals surface area contributed by atoms with Gasteiger partial charge in [-0.1, -0.05) is 19.8 Å². The van der Waals surface area contributed by atoms with E-state index < -0.39 is 0 Å². The molecule has 2 atom stereocenters. The highest BCUT2D eigenvalue weighted by molar-refractivity contribution is 9.10. The molecule has 3 nitrogen and oxygen atoms in total. The molecular weight excluding hydrogens is 328 g/mol. The highest BCUT2D eigenvalue weighted by Crippen LogP contribution is 2.45. The molecule has 0 bridgehead atoms. The van der Waals surface area contributed by atoms with Crippen LogP contribution in [0.25, 0.3) is 0 Å². The maximum Gasteiger partial charge on any atom is 0.0686 e. The first kappa shape index (κ1) is 15.4. The third-order valence-electron chi connectivity index (χ3n) is 5.03. The summed E-state index contributed by atoms with van der Waals surface area (Å²) in [5.74, 6) is 0.646. The smallest absolute Gasteiger partial charge is 0.0686 e. The third kappa shape index (κ3) is 3.49. The van der Waals surface area contributed by atoms with Gasteiger partial charge in [-0.2, -0.15) is 0 Å². The van der Waals surface area contributed by atoms with Gasteiger partial charge in [0.15, 0.2) is 0 Å². The molecule has 0 radical (unpaired) electrons. The Labute approximate surface area is 136 Å². The highest BCUT2D eigenvalue weighted by Gasteiger charge is 2.42. The van der Waals surface area contributed by atoms with E-state index in [-0.39, 0.29) is 5.60 Å². The zero-order valence-electron chi connectivity index (χ0n) is 12.8. The number of hydrogen-bond donors (Lipinski definition) is 1. The molecule has 1 spiro atoms. The van der Waals surface area contributed by atoms with Crippen LogP contribution in [0.1, 0.15) is 57.1 Å². The van der Waals surface area contributed by atoms with E-state index in [9.17, 15) is 0 Å². The summed E-state index contributed by atoms with van der Waals surface area (Å²) in [6, 6.07) is 2.60. The first-order valence-corrected chi connectivity index (χ1v) is 8.99. The number of pyridine rings is 1. The fourth-order valence-electron chi connectivity index (χ4n) is 4.09. The molecule has 1 aliphatic carbocycles. The van der Waals surface area contributed by atoms with Crippen LogP contribution in [0.3, 0.4) is 0 Å². The molecule has 2 fully saturated rings. The second kappa shape index (κ2) is 6.76. The molecule has 3 rings (SSSR count). The molecule has 1 saturated heterocycles. The molecule has 1 saturated carbocycles. The summed E-state index contributed by atoms with van der Waals surface area (Å²) in [6.07, 6.45) is 11.4. The molecule has 2 unspecified atom stereocenters. The maximum absolute atomic E-state index is 6.19. The Morgan fingerprint density at radius 3 is 2.95 bits per heavy atom. The Morgan fingerprint density at radius 1 is 1.43 bits per heavy atom. The molecule has 2 aliphatic rings.